The van der Waals surface area contributed by atoms with Crippen LogP contribution in [0.15, 0.2) is 39.8 Å². The summed E-state index contributed by atoms with van der Waals surface area (Å²) < 4.78 is 0.758. The lowest BCUT2D eigenvalue weighted by atomic mass is 10.1. The first kappa shape index (κ1) is 14.3. The Morgan fingerprint density at radius 2 is 2.00 bits per heavy atom. The summed E-state index contributed by atoms with van der Waals surface area (Å²) in [4.78, 5) is 16.7. The molecule has 106 valence electrons. The molecule has 0 aromatic heterocycles. The fourth-order valence-electron chi connectivity index (χ4n) is 2.33. The maximum atomic E-state index is 12.2. The lowest BCUT2D eigenvalue weighted by Crippen LogP contribution is -2.14. The molecule has 1 amide bonds. The van der Waals surface area contributed by atoms with E-state index in [0.717, 1.165) is 32.5 Å². The van der Waals surface area contributed by atoms with E-state index in [9.17, 15) is 4.79 Å². The predicted octanol–water partition coefficient (Wildman–Crippen LogP) is 4.79. The number of anilines is 1. The van der Waals surface area contributed by atoms with Crippen molar-refractivity contribution in [3.05, 3.63) is 56.5 Å². The number of hydrogen-bond donors (Lipinski definition) is 1. The monoisotopic (exact) mass is 362 g/mol. The molecule has 21 heavy (non-hydrogen) atoms. The molecule has 2 aromatic carbocycles. The van der Waals surface area contributed by atoms with Crippen LogP contribution in [-0.2, 0) is 4.79 Å². The van der Waals surface area contributed by atoms with Crippen LogP contribution < -0.4 is 5.32 Å². The van der Waals surface area contributed by atoms with Crippen LogP contribution in [0.2, 0.25) is 5.02 Å². The first-order chi connectivity index (χ1) is 9.97. The first-order valence-corrected chi connectivity index (χ1v) is 7.60. The van der Waals surface area contributed by atoms with Crippen LogP contribution >= 0.6 is 27.5 Å². The van der Waals surface area contributed by atoms with E-state index in [1.54, 1.807) is 0 Å². The average Bonchev–Trinajstić information content (AvgIpc) is 2.74. The summed E-state index contributed by atoms with van der Waals surface area (Å²) in [6, 6.07) is 9.56. The molecule has 0 unspecified atom stereocenters. The molecule has 1 aliphatic rings. The zero-order valence-electron chi connectivity index (χ0n) is 11.5. The van der Waals surface area contributed by atoms with E-state index in [-0.39, 0.29) is 5.91 Å². The maximum absolute atomic E-state index is 12.2. The third-order valence-electron chi connectivity index (χ3n) is 3.41. The fourth-order valence-corrected chi connectivity index (χ4v) is 3.01. The summed E-state index contributed by atoms with van der Waals surface area (Å²) in [5, 5.41) is 3.45. The van der Waals surface area contributed by atoms with Crippen molar-refractivity contribution >= 4 is 50.5 Å². The number of fused-ring (bicyclic) bond motifs is 1. The van der Waals surface area contributed by atoms with Crippen LogP contribution in [-0.4, -0.2) is 11.6 Å². The highest BCUT2D eigenvalue weighted by atomic mass is 79.9. The van der Waals surface area contributed by atoms with Crippen LogP contribution in [0.3, 0.4) is 0 Å². The number of carbonyl (C=O) groups is 1. The summed E-state index contributed by atoms with van der Waals surface area (Å²) >= 11 is 9.62. The van der Waals surface area contributed by atoms with Crippen LogP contribution in [0.5, 0.6) is 0 Å². The standard InChI is InChI=1S/C16H12BrClN2O/c1-8-4-3-5-10(6-8)19-15-11-7-12(17)13(18)9(2)14(11)20-16(15)21/h3-7H,1-2H3,(H,19,20,21). The maximum Gasteiger partial charge on any atom is 0.275 e. The molecule has 0 saturated heterocycles. The lowest BCUT2D eigenvalue weighted by molar-refractivity contribution is -0.110. The van der Waals surface area contributed by atoms with Gasteiger partial charge in [-0.15, -0.1) is 0 Å². The third-order valence-corrected chi connectivity index (χ3v) is 4.75. The summed E-state index contributed by atoms with van der Waals surface area (Å²) in [6.07, 6.45) is 0. The van der Waals surface area contributed by atoms with E-state index >= 15 is 0 Å². The van der Waals surface area contributed by atoms with Crippen molar-refractivity contribution in [3.8, 4) is 0 Å². The van der Waals surface area contributed by atoms with Crippen LogP contribution in [0.1, 0.15) is 16.7 Å². The second kappa shape index (κ2) is 5.28. The van der Waals surface area contributed by atoms with Gasteiger partial charge in [-0.3, -0.25) is 4.79 Å². The first-order valence-electron chi connectivity index (χ1n) is 6.43. The molecule has 1 N–H and O–H groups in total. The van der Waals surface area contributed by atoms with Gasteiger partial charge in [0.2, 0.25) is 0 Å². The molecule has 2 aromatic rings. The highest BCUT2D eigenvalue weighted by molar-refractivity contribution is 9.10. The van der Waals surface area contributed by atoms with Gasteiger partial charge in [0.05, 0.1) is 16.4 Å². The van der Waals surface area contributed by atoms with Gasteiger partial charge in [-0.25, -0.2) is 4.99 Å². The summed E-state index contributed by atoms with van der Waals surface area (Å²) in [6.45, 7) is 3.87. The van der Waals surface area contributed by atoms with Gasteiger partial charge in [-0.1, -0.05) is 23.7 Å². The number of nitrogens with one attached hydrogen (secondary N) is 1. The van der Waals surface area contributed by atoms with Gasteiger partial charge in [-0.2, -0.15) is 0 Å². The molecule has 0 spiro atoms. The van der Waals surface area contributed by atoms with Crippen LogP contribution in [0, 0.1) is 13.8 Å². The minimum atomic E-state index is -0.205. The Morgan fingerprint density at radius 3 is 2.71 bits per heavy atom. The number of aliphatic imine (C=N–C) groups is 1. The molecular formula is C16H12BrClN2O. The highest BCUT2D eigenvalue weighted by Gasteiger charge is 2.29. The molecular weight excluding hydrogens is 352 g/mol. The Balaban J connectivity index is 2.17. The van der Waals surface area contributed by atoms with Gasteiger partial charge in [0.1, 0.15) is 5.71 Å². The highest BCUT2D eigenvalue weighted by Crippen LogP contribution is 2.38. The van der Waals surface area contributed by atoms with Crippen molar-refractivity contribution in [1.82, 2.24) is 0 Å². The summed E-state index contributed by atoms with van der Waals surface area (Å²) in [5.41, 5.74) is 4.62. The van der Waals surface area contributed by atoms with Crippen LogP contribution in [0.4, 0.5) is 11.4 Å². The topological polar surface area (TPSA) is 41.5 Å². The molecule has 0 radical (unpaired) electrons. The average molecular weight is 364 g/mol. The lowest BCUT2D eigenvalue weighted by Gasteiger charge is -2.07. The number of amides is 1. The van der Waals surface area contributed by atoms with Gasteiger partial charge >= 0.3 is 0 Å². The quantitative estimate of drug-likeness (QED) is 0.777. The molecule has 3 nitrogen and oxygen atoms in total. The van der Waals surface area contributed by atoms with Gasteiger partial charge < -0.3 is 5.32 Å². The predicted molar refractivity (Wildman–Crippen MR) is 89.9 cm³/mol. The number of aryl methyl sites for hydroxylation is 1. The second-order valence-electron chi connectivity index (χ2n) is 4.97. The molecule has 1 aliphatic heterocycles. The number of hydrogen-bond acceptors (Lipinski definition) is 2. The molecule has 0 saturated carbocycles. The Labute approximate surface area is 136 Å². The van der Waals surface area contributed by atoms with E-state index in [1.807, 2.05) is 44.2 Å². The van der Waals surface area contributed by atoms with Crippen molar-refractivity contribution in [1.29, 1.82) is 0 Å². The molecule has 0 atom stereocenters. The van der Waals surface area contributed by atoms with E-state index in [2.05, 4.69) is 26.2 Å². The Kier molecular flexibility index (Phi) is 3.59. The normalized spacial score (nSPS) is 15.2. The number of halogens is 2. The van der Waals surface area contributed by atoms with Crippen molar-refractivity contribution in [2.24, 2.45) is 4.99 Å². The summed E-state index contributed by atoms with van der Waals surface area (Å²) in [7, 11) is 0. The Bertz CT molecular complexity index is 799. The van der Waals surface area contributed by atoms with E-state index in [0.29, 0.717) is 10.7 Å². The van der Waals surface area contributed by atoms with Crippen molar-refractivity contribution in [2.45, 2.75) is 13.8 Å². The van der Waals surface area contributed by atoms with Crippen molar-refractivity contribution in [2.75, 3.05) is 5.32 Å². The van der Waals surface area contributed by atoms with Crippen molar-refractivity contribution in [3.63, 3.8) is 0 Å². The minimum Gasteiger partial charge on any atom is -0.320 e. The van der Waals surface area contributed by atoms with Gasteiger partial charge in [-0.05, 0) is 59.1 Å². The zero-order valence-corrected chi connectivity index (χ0v) is 13.8. The summed E-state index contributed by atoms with van der Waals surface area (Å²) in [5.74, 6) is -0.205. The molecule has 0 aliphatic carbocycles. The van der Waals surface area contributed by atoms with E-state index < -0.39 is 0 Å². The Morgan fingerprint density at radius 1 is 1.24 bits per heavy atom. The van der Waals surface area contributed by atoms with Gasteiger partial charge in [0.25, 0.3) is 5.91 Å². The number of rotatable bonds is 1. The van der Waals surface area contributed by atoms with Crippen LogP contribution in [0.25, 0.3) is 0 Å². The largest absolute Gasteiger partial charge is 0.320 e. The SMILES string of the molecule is Cc1cccc(N=C2C(=O)Nc3c2cc(Br)c(Cl)c3C)c1. The molecule has 1 heterocycles. The number of nitrogens with zero attached hydrogens (tertiary/aromatic N) is 1. The van der Waals surface area contributed by atoms with E-state index in [1.165, 1.54) is 0 Å². The molecule has 5 heteroatoms. The third kappa shape index (κ3) is 2.49. The molecule has 0 bridgehead atoms. The number of carbonyl (C=O) groups excluding carboxylic acids is 1. The second-order valence-corrected chi connectivity index (χ2v) is 6.21. The molecule has 3 rings (SSSR count). The number of benzene rings is 2. The minimum absolute atomic E-state index is 0.205. The molecule has 0 fully saturated rings. The Hall–Kier alpha value is -1.65. The van der Waals surface area contributed by atoms with Gasteiger partial charge in [0.15, 0.2) is 0 Å². The van der Waals surface area contributed by atoms with Crippen molar-refractivity contribution < 1.29 is 4.79 Å². The fraction of sp³-hybridized carbons (Fsp3) is 0.125. The van der Waals surface area contributed by atoms with E-state index in [4.69, 9.17) is 11.6 Å². The zero-order chi connectivity index (χ0) is 15.1. The van der Waals surface area contributed by atoms with Gasteiger partial charge in [0, 0.05) is 10.0 Å². The smallest absolute Gasteiger partial charge is 0.275 e.